The van der Waals surface area contributed by atoms with E-state index in [1.807, 2.05) is 12.1 Å². The molecule has 2 saturated heterocycles. The minimum Gasteiger partial charge on any atom is -0.311 e. The van der Waals surface area contributed by atoms with Crippen LogP contribution >= 0.6 is 23.2 Å². The number of nitrogens with one attached hydrogen (secondary N) is 1. The van der Waals surface area contributed by atoms with Crippen molar-refractivity contribution in [3.8, 4) is 0 Å². The highest BCUT2D eigenvalue weighted by Gasteiger charge is 2.35. The van der Waals surface area contributed by atoms with E-state index in [2.05, 4.69) is 23.2 Å². The molecule has 2 aliphatic rings. The van der Waals surface area contributed by atoms with Gasteiger partial charge in [0.1, 0.15) is 0 Å². The van der Waals surface area contributed by atoms with Crippen LogP contribution in [0.2, 0.25) is 10.0 Å². The van der Waals surface area contributed by atoms with Crippen LogP contribution in [0.15, 0.2) is 18.2 Å². The maximum atomic E-state index is 6.36. The molecule has 2 aliphatic heterocycles. The zero-order valence-electron chi connectivity index (χ0n) is 12.6. The number of hydrogen-bond donors (Lipinski definition) is 1. The Labute approximate surface area is 137 Å². The first kappa shape index (κ1) is 15.6. The van der Waals surface area contributed by atoms with Gasteiger partial charge in [0.2, 0.25) is 0 Å². The summed E-state index contributed by atoms with van der Waals surface area (Å²) < 4.78 is 0. The summed E-state index contributed by atoms with van der Waals surface area (Å²) in [7, 11) is 0. The molecule has 2 nitrogen and oxygen atoms in total. The zero-order valence-corrected chi connectivity index (χ0v) is 14.1. The van der Waals surface area contributed by atoms with Crippen LogP contribution in [-0.4, -0.2) is 29.6 Å². The summed E-state index contributed by atoms with van der Waals surface area (Å²) in [4.78, 5) is 2.63. The van der Waals surface area contributed by atoms with Crippen LogP contribution in [0, 0.1) is 0 Å². The number of piperidine rings is 1. The maximum Gasteiger partial charge on any atom is 0.0465 e. The van der Waals surface area contributed by atoms with Crippen molar-refractivity contribution in [1.29, 1.82) is 0 Å². The van der Waals surface area contributed by atoms with Gasteiger partial charge in [-0.15, -0.1) is 0 Å². The van der Waals surface area contributed by atoms with Gasteiger partial charge >= 0.3 is 0 Å². The van der Waals surface area contributed by atoms with E-state index >= 15 is 0 Å². The third-order valence-corrected chi connectivity index (χ3v) is 5.45. The fraction of sp³-hybridized carbons (Fsp3) is 0.647. The normalized spacial score (nSPS) is 28.3. The molecule has 0 aromatic heterocycles. The van der Waals surface area contributed by atoms with Gasteiger partial charge < -0.3 is 5.32 Å². The first-order chi connectivity index (χ1) is 10.2. The third-order valence-electron chi connectivity index (χ3n) is 4.86. The van der Waals surface area contributed by atoms with E-state index < -0.39 is 0 Å². The summed E-state index contributed by atoms with van der Waals surface area (Å²) in [5.41, 5.74) is 1.19. The highest BCUT2D eigenvalue weighted by atomic mass is 35.5. The van der Waals surface area contributed by atoms with E-state index in [0.29, 0.717) is 11.1 Å². The van der Waals surface area contributed by atoms with Crippen LogP contribution < -0.4 is 5.32 Å². The lowest BCUT2D eigenvalue weighted by molar-refractivity contribution is 0.134. The molecular formula is C17H24Cl2N2. The predicted molar refractivity (Wildman–Crippen MR) is 90.1 cm³/mol. The molecular weight excluding hydrogens is 303 g/mol. The minimum atomic E-state index is 0.690. The Bertz CT molecular complexity index is 480. The number of nitrogens with zero attached hydrogens (tertiary/aromatic N) is 1. The lowest BCUT2D eigenvalue weighted by atomic mass is 9.97. The number of halogens is 2. The molecule has 1 aromatic carbocycles. The van der Waals surface area contributed by atoms with Gasteiger partial charge in [0.25, 0.3) is 0 Å². The predicted octanol–water partition coefficient (Wildman–Crippen LogP) is 4.49. The molecule has 0 aliphatic carbocycles. The lowest BCUT2D eigenvalue weighted by Gasteiger charge is -2.38. The summed E-state index contributed by atoms with van der Waals surface area (Å²) in [6.07, 6.45) is 6.44. The van der Waals surface area contributed by atoms with Crippen molar-refractivity contribution in [2.75, 3.05) is 6.54 Å². The van der Waals surface area contributed by atoms with Gasteiger partial charge in [0.05, 0.1) is 0 Å². The Hall–Kier alpha value is -0.280. The molecule has 2 fully saturated rings. The second-order valence-electron chi connectivity index (χ2n) is 6.47. The van der Waals surface area contributed by atoms with Crippen LogP contribution in [0.4, 0.5) is 0 Å². The van der Waals surface area contributed by atoms with E-state index in [1.165, 1.54) is 37.7 Å². The minimum absolute atomic E-state index is 0.690. The molecule has 0 radical (unpaired) electrons. The summed E-state index contributed by atoms with van der Waals surface area (Å²) in [5.74, 6) is 0. The van der Waals surface area contributed by atoms with Crippen molar-refractivity contribution >= 4 is 23.2 Å². The number of rotatable bonds is 5. The third kappa shape index (κ3) is 3.73. The lowest BCUT2D eigenvalue weighted by Crippen LogP contribution is -2.48. The van der Waals surface area contributed by atoms with E-state index in [-0.39, 0.29) is 0 Å². The Balaban J connectivity index is 1.72. The van der Waals surface area contributed by atoms with Crippen LogP contribution in [0.5, 0.6) is 0 Å². The smallest absolute Gasteiger partial charge is 0.0465 e. The van der Waals surface area contributed by atoms with Crippen LogP contribution in [-0.2, 0) is 6.54 Å². The summed E-state index contributed by atoms with van der Waals surface area (Å²) in [6, 6.07) is 8.02. The van der Waals surface area contributed by atoms with E-state index in [1.54, 1.807) is 0 Å². The van der Waals surface area contributed by atoms with Gasteiger partial charge in [-0.1, -0.05) is 36.2 Å². The highest BCUT2D eigenvalue weighted by molar-refractivity contribution is 6.35. The Morgan fingerprint density at radius 2 is 1.90 bits per heavy atom. The molecule has 2 atom stereocenters. The Morgan fingerprint density at radius 3 is 2.52 bits per heavy atom. The first-order valence-corrected chi connectivity index (χ1v) is 8.85. The molecule has 21 heavy (non-hydrogen) atoms. The molecule has 1 aromatic rings. The van der Waals surface area contributed by atoms with Crippen LogP contribution in [0.3, 0.4) is 0 Å². The molecule has 2 unspecified atom stereocenters. The summed E-state index contributed by atoms with van der Waals surface area (Å²) in [6.45, 7) is 4.34. The molecule has 4 heteroatoms. The average molecular weight is 327 g/mol. The maximum absolute atomic E-state index is 6.36. The molecule has 2 heterocycles. The van der Waals surface area contributed by atoms with Crippen LogP contribution in [0.1, 0.15) is 44.6 Å². The quantitative estimate of drug-likeness (QED) is 0.857. The summed E-state index contributed by atoms with van der Waals surface area (Å²) in [5, 5.41) is 5.24. The van der Waals surface area contributed by atoms with Crippen LogP contribution in [0.25, 0.3) is 0 Å². The Morgan fingerprint density at radius 1 is 1.19 bits per heavy atom. The van der Waals surface area contributed by atoms with Crippen molar-refractivity contribution in [1.82, 2.24) is 10.2 Å². The average Bonchev–Trinajstić information content (AvgIpc) is 2.79. The highest BCUT2D eigenvalue weighted by Crippen LogP contribution is 2.31. The van der Waals surface area contributed by atoms with Crippen molar-refractivity contribution in [2.24, 2.45) is 0 Å². The zero-order chi connectivity index (χ0) is 14.8. The fourth-order valence-electron chi connectivity index (χ4n) is 3.87. The monoisotopic (exact) mass is 326 g/mol. The van der Waals surface area contributed by atoms with Crippen molar-refractivity contribution in [2.45, 2.75) is 63.7 Å². The van der Waals surface area contributed by atoms with E-state index in [9.17, 15) is 0 Å². The van der Waals surface area contributed by atoms with Gasteiger partial charge in [-0.05, 0) is 56.3 Å². The molecule has 1 N–H and O–H groups in total. The molecule has 116 valence electrons. The SMILES string of the molecule is CCCN(Cc1ccc(Cl)cc1Cl)C1CC2CCC(C1)N2. The fourth-order valence-corrected chi connectivity index (χ4v) is 4.34. The van der Waals surface area contributed by atoms with E-state index in [0.717, 1.165) is 30.2 Å². The molecule has 0 saturated carbocycles. The van der Waals surface area contributed by atoms with Gasteiger partial charge in [-0.25, -0.2) is 0 Å². The Kier molecular flexibility index (Phi) is 5.11. The number of fused-ring (bicyclic) bond motifs is 2. The van der Waals surface area contributed by atoms with E-state index in [4.69, 9.17) is 23.2 Å². The molecule has 3 rings (SSSR count). The second kappa shape index (κ2) is 6.87. The topological polar surface area (TPSA) is 15.3 Å². The second-order valence-corrected chi connectivity index (χ2v) is 7.31. The number of benzene rings is 1. The standard InChI is InChI=1S/C17H24Cl2N2/c1-2-7-21(11-12-3-4-13(18)8-17(12)19)16-9-14-5-6-15(10-16)20-14/h3-4,8,14-16,20H,2,5-7,9-11H2,1H3. The van der Waals surface area contributed by atoms with Gasteiger partial charge in [0, 0.05) is 34.7 Å². The van der Waals surface area contributed by atoms with Crippen molar-refractivity contribution in [3.63, 3.8) is 0 Å². The van der Waals surface area contributed by atoms with Gasteiger partial charge in [-0.3, -0.25) is 4.90 Å². The molecule has 0 amide bonds. The van der Waals surface area contributed by atoms with Crippen molar-refractivity contribution in [3.05, 3.63) is 33.8 Å². The summed E-state index contributed by atoms with van der Waals surface area (Å²) >= 11 is 12.4. The first-order valence-electron chi connectivity index (χ1n) is 8.09. The van der Waals surface area contributed by atoms with Crippen molar-refractivity contribution < 1.29 is 0 Å². The molecule has 2 bridgehead atoms. The molecule has 0 spiro atoms. The number of hydrogen-bond acceptors (Lipinski definition) is 2. The largest absolute Gasteiger partial charge is 0.311 e. The van der Waals surface area contributed by atoms with Gasteiger partial charge in [-0.2, -0.15) is 0 Å². The van der Waals surface area contributed by atoms with Gasteiger partial charge in [0.15, 0.2) is 0 Å².